The number of likely N-dealkylation sites (N-methyl/N-ethyl adjacent to an activating group) is 1. The van der Waals surface area contributed by atoms with Crippen LogP contribution in [0.25, 0.3) is 5.57 Å². The Hall–Kier alpha value is -2.90. The molecule has 0 radical (unpaired) electrons. The molecule has 0 aliphatic carbocycles. The van der Waals surface area contributed by atoms with E-state index in [0.29, 0.717) is 35.1 Å². The molecule has 0 spiro atoms. The van der Waals surface area contributed by atoms with Gasteiger partial charge in [0.1, 0.15) is 17.3 Å². The first kappa shape index (κ1) is 20.4. The van der Waals surface area contributed by atoms with Crippen LogP contribution in [0.15, 0.2) is 48.2 Å². The summed E-state index contributed by atoms with van der Waals surface area (Å²) in [5.41, 5.74) is 1.35. The molecule has 0 aromatic heterocycles. The van der Waals surface area contributed by atoms with E-state index in [-0.39, 0.29) is 11.3 Å². The Bertz CT molecular complexity index is 1030. The molecule has 0 saturated carbocycles. The van der Waals surface area contributed by atoms with Crippen LogP contribution in [0.4, 0.5) is 10.1 Å². The Balaban J connectivity index is 1.84. The second-order valence-corrected chi connectivity index (χ2v) is 7.72. The number of carbonyl (C=O) groups is 2. The van der Waals surface area contributed by atoms with Crippen LogP contribution in [0.2, 0.25) is 5.02 Å². The highest BCUT2D eigenvalue weighted by molar-refractivity contribution is 6.46. The quantitative estimate of drug-likeness (QED) is 0.699. The molecule has 0 atom stereocenters. The predicted molar refractivity (Wildman–Crippen MR) is 113 cm³/mol. The van der Waals surface area contributed by atoms with E-state index in [1.807, 2.05) is 11.9 Å². The summed E-state index contributed by atoms with van der Waals surface area (Å²) in [6.07, 6.45) is 0. The highest BCUT2D eigenvalue weighted by atomic mass is 35.5. The summed E-state index contributed by atoms with van der Waals surface area (Å²) in [6.45, 7) is 2.75. The third-order valence-corrected chi connectivity index (χ3v) is 5.63. The van der Waals surface area contributed by atoms with Crippen molar-refractivity contribution in [3.05, 3.63) is 64.6 Å². The number of piperazine rings is 1. The number of ether oxygens (including phenoxy) is 1. The Kier molecular flexibility index (Phi) is 5.49. The van der Waals surface area contributed by atoms with Crippen molar-refractivity contribution >= 4 is 34.7 Å². The molecule has 30 heavy (non-hydrogen) atoms. The number of hydrogen-bond acceptors (Lipinski definition) is 5. The van der Waals surface area contributed by atoms with E-state index in [2.05, 4.69) is 4.90 Å². The molecule has 0 bridgehead atoms. The van der Waals surface area contributed by atoms with E-state index in [1.54, 1.807) is 12.1 Å². The van der Waals surface area contributed by atoms with Crippen molar-refractivity contribution in [2.24, 2.45) is 0 Å². The summed E-state index contributed by atoms with van der Waals surface area (Å²) in [6, 6.07) is 10.4. The molecule has 8 heteroatoms. The number of amides is 2. The van der Waals surface area contributed by atoms with Crippen LogP contribution in [0.1, 0.15) is 5.56 Å². The van der Waals surface area contributed by atoms with Gasteiger partial charge >= 0.3 is 0 Å². The zero-order chi connectivity index (χ0) is 21.4. The lowest BCUT2D eigenvalue weighted by molar-refractivity contribution is -0.120. The summed E-state index contributed by atoms with van der Waals surface area (Å²) in [5.74, 6) is -0.977. The predicted octanol–water partition coefficient (Wildman–Crippen LogP) is 3.02. The van der Waals surface area contributed by atoms with Crippen LogP contribution >= 0.6 is 11.6 Å². The van der Waals surface area contributed by atoms with Crippen LogP contribution < -0.4 is 9.64 Å². The minimum absolute atomic E-state index is 0.256. The van der Waals surface area contributed by atoms with Gasteiger partial charge in [-0.15, -0.1) is 0 Å². The third kappa shape index (κ3) is 3.55. The van der Waals surface area contributed by atoms with Crippen molar-refractivity contribution in [2.75, 3.05) is 45.2 Å². The van der Waals surface area contributed by atoms with Gasteiger partial charge in [-0.3, -0.25) is 9.59 Å². The van der Waals surface area contributed by atoms with Gasteiger partial charge in [0.15, 0.2) is 0 Å². The Labute approximate surface area is 179 Å². The lowest BCUT2D eigenvalue weighted by atomic mass is 10.0. The number of rotatable bonds is 4. The van der Waals surface area contributed by atoms with Crippen LogP contribution in [0, 0.1) is 5.82 Å². The number of nitrogens with zero attached hydrogens (tertiary/aromatic N) is 3. The maximum absolute atomic E-state index is 13.5. The topological polar surface area (TPSA) is 53.1 Å². The van der Waals surface area contributed by atoms with Crippen LogP contribution in [0.3, 0.4) is 0 Å². The second-order valence-electron chi connectivity index (χ2n) is 7.28. The minimum Gasteiger partial charge on any atom is -0.495 e. The average Bonchev–Trinajstić information content (AvgIpc) is 2.99. The number of imide groups is 1. The largest absolute Gasteiger partial charge is 0.495 e. The van der Waals surface area contributed by atoms with Crippen molar-refractivity contribution in [1.82, 2.24) is 9.80 Å². The monoisotopic (exact) mass is 429 g/mol. The first-order valence-electron chi connectivity index (χ1n) is 9.56. The van der Waals surface area contributed by atoms with Crippen molar-refractivity contribution < 1.29 is 18.7 Å². The summed E-state index contributed by atoms with van der Waals surface area (Å²) < 4.78 is 18.9. The molecule has 2 aromatic rings. The number of hydrogen-bond donors (Lipinski definition) is 0. The van der Waals surface area contributed by atoms with Gasteiger partial charge in [0.05, 0.1) is 18.4 Å². The molecule has 4 rings (SSSR count). The zero-order valence-electron chi connectivity index (χ0n) is 16.7. The molecule has 2 heterocycles. The van der Waals surface area contributed by atoms with E-state index in [9.17, 15) is 14.0 Å². The summed E-state index contributed by atoms with van der Waals surface area (Å²) in [5, 5.41) is 0.378. The van der Waals surface area contributed by atoms with E-state index in [4.69, 9.17) is 16.3 Å². The zero-order valence-corrected chi connectivity index (χ0v) is 17.4. The lowest BCUT2D eigenvalue weighted by Gasteiger charge is -2.34. The van der Waals surface area contributed by atoms with Crippen molar-refractivity contribution in [1.29, 1.82) is 0 Å². The van der Waals surface area contributed by atoms with Crippen molar-refractivity contribution in [3.8, 4) is 5.75 Å². The number of halogens is 2. The van der Waals surface area contributed by atoms with E-state index in [1.165, 1.54) is 37.4 Å². The lowest BCUT2D eigenvalue weighted by Crippen LogP contribution is -2.46. The molecule has 0 N–H and O–H groups in total. The van der Waals surface area contributed by atoms with Gasteiger partial charge < -0.3 is 14.5 Å². The first-order valence-corrected chi connectivity index (χ1v) is 9.94. The summed E-state index contributed by atoms with van der Waals surface area (Å²) in [7, 11) is 3.48. The van der Waals surface area contributed by atoms with Gasteiger partial charge in [0.2, 0.25) is 0 Å². The third-order valence-electron chi connectivity index (χ3n) is 5.39. The highest BCUT2D eigenvalue weighted by Gasteiger charge is 2.44. The van der Waals surface area contributed by atoms with Gasteiger partial charge in [-0.05, 0) is 42.9 Å². The molecule has 1 saturated heterocycles. The van der Waals surface area contributed by atoms with Crippen LogP contribution in [0.5, 0.6) is 5.75 Å². The van der Waals surface area contributed by atoms with Crippen molar-refractivity contribution in [3.63, 3.8) is 0 Å². The van der Waals surface area contributed by atoms with Crippen LogP contribution in [-0.2, 0) is 9.59 Å². The smallest absolute Gasteiger partial charge is 0.282 e. The molecule has 1 fully saturated rings. The second kappa shape index (κ2) is 8.08. The molecule has 2 aliphatic heterocycles. The maximum atomic E-state index is 13.5. The molecule has 2 aliphatic rings. The minimum atomic E-state index is -0.485. The standard InChI is InChI=1S/C22H21ClFN3O3/c1-25-9-11-26(12-10-25)20-19(14-3-6-16(24)7-4-14)21(28)27(22(20)29)17-13-15(23)5-8-18(17)30-2/h3-8,13H,9-12H2,1-2H3. The highest BCUT2D eigenvalue weighted by Crippen LogP contribution is 2.40. The number of benzene rings is 2. The fraction of sp³-hybridized carbons (Fsp3) is 0.273. The van der Waals surface area contributed by atoms with Gasteiger partial charge in [0, 0.05) is 31.2 Å². The Morgan fingerprint density at radius 1 is 0.967 bits per heavy atom. The average molecular weight is 430 g/mol. The Morgan fingerprint density at radius 2 is 1.63 bits per heavy atom. The van der Waals surface area contributed by atoms with Gasteiger partial charge in [0.25, 0.3) is 11.8 Å². The Morgan fingerprint density at radius 3 is 2.27 bits per heavy atom. The van der Waals surface area contributed by atoms with Crippen molar-refractivity contribution in [2.45, 2.75) is 0 Å². The number of anilines is 1. The molecular weight excluding hydrogens is 409 g/mol. The van der Waals surface area contributed by atoms with Gasteiger partial charge in [-0.1, -0.05) is 23.7 Å². The fourth-order valence-electron chi connectivity index (χ4n) is 3.78. The molecule has 2 aromatic carbocycles. The normalized spacial score (nSPS) is 17.9. The fourth-order valence-corrected chi connectivity index (χ4v) is 3.94. The SMILES string of the molecule is COc1ccc(Cl)cc1N1C(=O)C(c2ccc(F)cc2)=C(N2CCN(C)CC2)C1=O. The van der Waals surface area contributed by atoms with E-state index < -0.39 is 17.6 Å². The first-order chi connectivity index (χ1) is 14.4. The maximum Gasteiger partial charge on any atom is 0.282 e. The van der Waals surface area contributed by atoms with Gasteiger partial charge in [-0.2, -0.15) is 0 Å². The molecule has 6 nitrogen and oxygen atoms in total. The van der Waals surface area contributed by atoms with Gasteiger partial charge in [-0.25, -0.2) is 9.29 Å². The number of carbonyl (C=O) groups excluding carboxylic acids is 2. The molecular formula is C22H21ClFN3O3. The molecule has 0 unspecified atom stereocenters. The summed E-state index contributed by atoms with van der Waals surface area (Å²) >= 11 is 6.14. The van der Waals surface area contributed by atoms with Crippen LogP contribution in [-0.4, -0.2) is 62.0 Å². The molecule has 156 valence electrons. The van der Waals surface area contributed by atoms with E-state index >= 15 is 0 Å². The number of methoxy groups -OCH3 is 1. The summed E-state index contributed by atoms with van der Waals surface area (Å²) in [4.78, 5) is 32.2. The molecule has 2 amide bonds. The van der Waals surface area contributed by atoms with E-state index in [0.717, 1.165) is 18.0 Å².